The molecular weight excluding hydrogens is 831 g/mol. The lowest BCUT2D eigenvalue weighted by atomic mass is 9.80. The highest BCUT2D eigenvalue weighted by Gasteiger charge is 2.54. The molecule has 0 unspecified atom stereocenters. The van der Waals surface area contributed by atoms with E-state index in [-0.39, 0.29) is 42.0 Å². The van der Waals surface area contributed by atoms with Gasteiger partial charge in [-0.25, -0.2) is 15.0 Å². The summed E-state index contributed by atoms with van der Waals surface area (Å²) in [5, 5.41) is 2.60. The second kappa shape index (κ2) is 19.2. The van der Waals surface area contributed by atoms with Crippen molar-refractivity contribution in [1.82, 2.24) is 19.5 Å². The van der Waals surface area contributed by atoms with Crippen LogP contribution in [0.3, 0.4) is 0 Å². The molecule has 64 heavy (non-hydrogen) atoms. The zero-order valence-electron chi connectivity index (χ0n) is 37.4. The van der Waals surface area contributed by atoms with Crippen molar-refractivity contribution in [3.8, 4) is 11.5 Å². The average Bonchev–Trinajstić information content (AvgIpc) is 3.87. The quantitative estimate of drug-likeness (QED) is 0.0528. The van der Waals surface area contributed by atoms with Crippen molar-refractivity contribution in [1.29, 1.82) is 0 Å². The van der Waals surface area contributed by atoms with Gasteiger partial charge < -0.3 is 38.2 Å². The molecule has 7 rings (SSSR count). The van der Waals surface area contributed by atoms with E-state index in [1.54, 1.807) is 43.1 Å². The van der Waals surface area contributed by atoms with Crippen molar-refractivity contribution in [3.63, 3.8) is 0 Å². The Morgan fingerprint density at radius 2 is 1.33 bits per heavy atom. The van der Waals surface area contributed by atoms with Crippen LogP contribution in [0.5, 0.6) is 11.5 Å². The van der Waals surface area contributed by atoms with Crippen LogP contribution in [0.1, 0.15) is 73.8 Å². The second-order valence-corrected chi connectivity index (χ2v) is 22.0. The maximum absolute atomic E-state index is 13.8. The van der Waals surface area contributed by atoms with Gasteiger partial charge in [0.15, 0.2) is 37.6 Å². The summed E-state index contributed by atoms with van der Waals surface area (Å²) in [6.45, 7) is 12.0. The zero-order valence-corrected chi connectivity index (χ0v) is 38.4. The predicted molar refractivity (Wildman–Crippen MR) is 244 cm³/mol. The molecule has 4 atom stereocenters. The summed E-state index contributed by atoms with van der Waals surface area (Å²) in [5.74, 6) is 0.432. The Balaban J connectivity index is 1.35. The molecule has 0 bridgehead atoms. The lowest BCUT2D eigenvalue weighted by Crippen LogP contribution is -2.51. The van der Waals surface area contributed by atoms with Crippen LogP contribution < -0.4 is 14.8 Å². The molecule has 0 saturated carbocycles. The van der Waals surface area contributed by atoms with Gasteiger partial charge in [-0.1, -0.05) is 93.6 Å². The van der Waals surface area contributed by atoms with E-state index >= 15 is 0 Å². The molecule has 0 aliphatic carbocycles. The van der Waals surface area contributed by atoms with Crippen LogP contribution in [0.2, 0.25) is 18.1 Å². The van der Waals surface area contributed by atoms with Gasteiger partial charge in [0.2, 0.25) is 0 Å². The van der Waals surface area contributed by atoms with Gasteiger partial charge in [-0.15, -0.1) is 0 Å². The van der Waals surface area contributed by atoms with Crippen LogP contribution >= 0.6 is 0 Å². The summed E-state index contributed by atoms with van der Waals surface area (Å²) in [6, 6.07) is 34.2. The number of benzene rings is 4. The second-order valence-electron chi connectivity index (χ2n) is 17.2. The molecule has 6 aromatic rings. The molecule has 1 amide bonds. The highest BCUT2D eigenvalue weighted by molar-refractivity contribution is 6.74. The number of carbonyl (C=O) groups excluding carboxylic acids is 3. The molecule has 0 spiro atoms. The molecule has 1 N–H and O–H groups in total. The van der Waals surface area contributed by atoms with Crippen molar-refractivity contribution in [3.05, 3.63) is 144 Å². The van der Waals surface area contributed by atoms with E-state index in [2.05, 4.69) is 54.1 Å². The average molecular weight is 886 g/mol. The Labute approximate surface area is 374 Å². The molecular formula is C49H55N5O9Si. The summed E-state index contributed by atoms with van der Waals surface area (Å²) < 4.78 is 40.9. The predicted octanol–water partition coefficient (Wildman–Crippen LogP) is 8.67. The largest absolute Gasteiger partial charge is 0.497 e. The van der Waals surface area contributed by atoms with Gasteiger partial charge in [-0.05, 0) is 78.1 Å². The summed E-state index contributed by atoms with van der Waals surface area (Å²) in [7, 11) is 0.579. The number of nitrogens with one attached hydrogen (secondary N) is 1. The van der Waals surface area contributed by atoms with E-state index in [4.69, 9.17) is 28.1 Å². The smallest absolute Gasteiger partial charge is 0.306 e. The van der Waals surface area contributed by atoms with E-state index in [9.17, 15) is 14.4 Å². The fraction of sp³-hybridized carbons (Fsp3) is 0.347. The van der Waals surface area contributed by atoms with Gasteiger partial charge >= 0.3 is 5.97 Å². The van der Waals surface area contributed by atoms with Crippen molar-refractivity contribution in [2.24, 2.45) is 0 Å². The van der Waals surface area contributed by atoms with Crippen molar-refractivity contribution >= 4 is 43.0 Å². The number of imidazole rings is 1. The standard InChI is InChI=1S/C49H55N5O9Si/c1-32(55)19-28-40(56)62-43-42(63-64(7,8)48(2,3)4)39(61-47(43)54-31-52-41-44(50-30-51-45(41)54)53-46(57)33-15-11-9-12-16-33)29-60-49(34-17-13-10-14-18-34,35-20-24-37(58-5)25-21-35)36-22-26-38(59-6)27-23-36/h9-18,20-27,30-31,39,42-43,47H,19,28-29H2,1-8H3,(H,50,51,53,57)/t39-,42-,43-,47-/m1/s1. The van der Waals surface area contributed by atoms with E-state index in [0.29, 0.717) is 28.2 Å². The first-order valence-electron chi connectivity index (χ1n) is 21.2. The zero-order chi connectivity index (χ0) is 45.6. The van der Waals surface area contributed by atoms with Gasteiger partial charge in [-0.2, -0.15) is 0 Å². The number of rotatable bonds is 17. The first-order chi connectivity index (χ1) is 30.6. The van der Waals surface area contributed by atoms with Gasteiger partial charge in [0.05, 0.1) is 33.6 Å². The topological polar surface area (TPSA) is 162 Å². The van der Waals surface area contributed by atoms with Gasteiger partial charge in [-0.3, -0.25) is 14.2 Å². The highest BCUT2D eigenvalue weighted by atomic mass is 28.4. The van der Waals surface area contributed by atoms with E-state index in [1.165, 1.54) is 19.6 Å². The third-order valence-electron chi connectivity index (χ3n) is 12.0. The number of fused-ring (bicyclic) bond motifs is 1. The number of aromatic nitrogens is 4. The van der Waals surface area contributed by atoms with Crippen LogP contribution in [0.4, 0.5) is 5.82 Å². The number of nitrogens with zero attached hydrogens (tertiary/aromatic N) is 4. The van der Waals surface area contributed by atoms with Gasteiger partial charge in [0, 0.05) is 12.0 Å². The van der Waals surface area contributed by atoms with E-state index < -0.39 is 44.4 Å². The molecule has 0 radical (unpaired) electrons. The summed E-state index contributed by atoms with van der Waals surface area (Å²) >= 11 is 0. The lowest BCUT2D eigenvalue weighted by molar-refractivity contribution is -0.158. The van der Waals surface area contributed by atoms with Crippen molar-refractivity contribution in [2.45, 2.75) is 88.8 Å². The summed E-state index contributed by atoms with van der Waals surface area (Å²) in [5.41, 5.74) is 2.31. The number of Topliss-reactive ketones (excluding diaryl/α,β-unsaturated/α-hetero) is 1. The molecule has 1 aliphatic rings. The third kappa shape index (κ3) is 9.62. The Bertz CT molecular complexity index is 2500. The third-order valence-corrected chi connectivity index (χ3v) is 16.5. The summed E-state index contributed by atoms with van der Waals surface area (Å²) in [4.78, 5) is 52.7. The maximum Gasteiger partial charge on any atom is 0.306 e. The Morgan fingerprint density at radius 1 is 0.750 bits per heavy atom. The number of anilines is 1. The lowest BCUT2D eigenvalue weighted by Gasteiger charge is -2.41. The minimum Gasteiger partial charge on any atom is -0.497 e. The minimum atomic E-state index is -2.66. The number of ketones is 1. The van der Waals surface area contributed by atoms with Crippen molar-refractivity contribution < 1.29 is 42.5 Å². The normalized spacial score (nSPS) is 17.8. The maximum atomic E-state index is 13.8. The number of hydrogen-bond acceptors (Lipinski definition) is 12. The number of hydrogen-bond donors (Lipinski definition) is 1. The molecule has 2 aromatic heterocycles. The molecule has 3 heterocycles. The Morgan fingerprint density at radius 3 is 1.89 bits per heavy atom. The van der Waals surface area contributed by atoms with Crippen molar-refractivity contribution in [2.75, 3.05) is 26.1 Å². The first-order valence-corrected chi connectivity index (χ1v) is 24.1. The first kappa shape index (κ1) is 45.8. The van der Waals surface area contributed by atoms with Crippen LogP contribution in [-0.2, 0) is 33.8 Å². The molecule has 14 nitrogen and oxygen atoms in total. The van der Waals surface area contributed by atoms with Gasteiger partial charge in [0.25, 0.3) is 5.91 Å². The van der Waals surface area contributed by atoms with E-state index in [0.717, 1.165) is 16.7 Å². The molecule has 4 aromatic carbocycles. The number of ether oxygens (including phenoxy) is 5. The molecule has 1 saturated heterocycles. The monoisotopic (exact) mass is 885 g/mol. The van der Waals surface area contributed by atoms with Crippen LogP contribution in [0, 0.1) is 0 Å². The van der Waals surface area contributed by atoms with E-state index in [1.807, 2.05) is 84.9 Å². The molecule has 15 heteroatoms. The number of carbonyl (C=O) groups is 3. The fourth-order valence-electron chi connectivity index (χ4n) is 7.52. The van der Waals surface area contributed by atoms with Crippen LogP contribution in [0.25, 0.3) is 11.2 Å². The number of methoxy groups -OCH3 is 2. The molecule has 1 fully saturated rings. The minimum absolute atomic E-state index is 0.00635. The Kier molecular flexibility index (Phi) is 13.7. The molecule has 334 valence electrons. The van der Waals surface area contributed by atoms with Crippen LogP contribution in [0.15, 0.2) is 122 Å². The molecule has 1 aliphatic heterocycles. The SMILES string of the molecule is COc1ccc(C(OC[C@H]2O[C@@H](n3cnc4c(NC(=O)c5ccccc5)ncnc43)[C@H](OC(=O)CCC(C)=O)[C@@H]2O[Si](C)(C)C(C)(C)C)(c2ccccc2)c2ccc(OC)cc2)cc1. The number of amides is 1. The fourth-order valence-corrected chi connectivity index (χ4v) is 8.84. The Hall–Kier alpha value is -6.26. The highest BCUT2D eigenvalue weighted by Crippen LogP contribution is 2.46. The van der Waals surface area contributed by atoms with Crippen LogP contribution in [-0.4, -0.2) is 84.6 Å². The summed E-state index contributed by atoms with van der Waals surface area (Å²) in [6.07, 6.45) is -1.11. The van der Waals surface area contributed by atoms with Gasteiger partial charge in [0.1, 0.15) is 41.4 Å². The number of esters is 1.